The van der Waals surface area contributed by atoms with Crippen LogP contribution in [-0.2, 0) is 6.42 Å². The number of nitrogens with one attached hydrogen (secondary N) is 2. The van der Waals surface area contributed by atoms with E-state index in [9.17, 15) is 0 Å². The molecule has 5 rings (SSSR count). The van der Waals surface area contributed by atoms with Crippen LogP contribution in [0, 0.1) is 0 Å². The second-order valence-electron chi connectivity index (χ2n) is 8.95. The van der Waals surface area contributed by atoms with Gasteiger partial charge in [0.25, 0.3) is 0 Å². The minimum atomic E-state index is 0.608. The number of hydrogen-bond acceptors (Lipinski definition) is 8. The molecular formula is C29H33N5O3. The average molecular weight is 500 g/mol. The maximum absolute atomic E-state index is 5.52. The summed E-state index contributed by atoms with van der Waals surface area (Å²) in [5.41, 5.74) is 4.30. The number of benzene rings is 3. The van der Waals surface area contributed by atoms with Crippen molar-refractivity contribution in [3.05, 3.63) is 66.4 Å². The largest absolute Gasteiger partial charge is 0.497 e. The molecule has 1 fully saturated rings. The molecule has 8 heteroatoms. The van der Waals surface area contributed by atoms with Crippen LogP contribution in [0.4, 0.5) is 11.6 Å². The van der Waals surface area contributed by atoms with Gasteiger partial charge in [0.05, 0.1) is 27.0 Å². The van der Waals surface area contributed by atoms with Crippen LogP contribution in [0.2, 0.25) is 0 Å². The van der Waals surface area contributed by atoms with Crippen molar-refractivity contribution in [1.82, 2.24) is 15.3 Å². The van der Waals surface area contributed by atoms with E-state index in [0.717, 1.165) is 72.1 Å². The van der Waals surface area contributed by atoms with Gasteiger partial charge in [0.1, 0.15) is 5.75 Å². The molecule has 4 aromatic rings. The minimum absolute atomic E-state index is 0.608. The van der Waals surface area contributed by atoms with Crippen LogP contribution < -0.4 is 29.7 Å². The molecule has 2 heterocycles. The highest BCUT2D eigenvalue weighted by Crippen LogP contribution is 2.35. The molecule has 37 heavy (non-hydrogen) atoms. The number of nitrogens with zero attached hydrogens (tertiary/aromatic N) is 3. The van der Waals surface area contributed by atoms with Crippen molar-refractivity contribution in [3.8, 4) is 28.5 Å². The van der Waals surface area contributed by atoms with Gasteiger partial charge >= 0.3 is 0 Å². The van der Waals surface area contributed by atoms with Crippen LogP contribution in [0.5, 0.6) is 17.2 Å². The number of rotatable bonds is 9. The van der Waals surface area contributed by atoms with Crippen molar-refractivity contribution in [2.24, 2.45) is 0 Å². The van der Waals surface area contributed by atoms with E-state index in [1.54, 1.807) is 21.3 Å². The van der Waals surface area contributed by atoms with E-state index in [1.165, 1.54) is 11.1 Å². The first-order valence-electron chi connectivity index (χ1n) is 12.5. The molecule has 1 aliphatic rings. The molecule has 0 spiro atoms. The predicted molar refractivity (Wildman–Crippen MR) is 148 cm³/mol. The lowest BCUT2D eigenvalue weighted by Gasteiger charge is -2.31. The van der Waals surface area contributed by atoms with E-state index in [4.69, 9.17) is 19.2 Å². The summed E-state index contributed by atoms with van der Waals surface area (Å²) < 4.78 is 16.3. The summed E-state index contributed by atoms with van der Waals surface area (Å²) in [6.07, 6.45) is 2.61. The van der Waals surface area contributed by atoms with Crippen molar-refractivity contribution < 1.29 is 14.2 Å². The molecule has 1 aromatic heterocycles. The fraction of sp³-hybridized carbons (Fsp3) is 0.310. The Morgan fingerprint density at radius 3 is 2.51 bits per heavy atom. The summed E-state index contributed by atoms with van der Waals surface area (Å²) >= 11 is 0. The van der Waals surface area contributed by atoms with Gasteiger partial charge in [-0.1, -0.05) is 12.1 Å². The molecule has 192 valence electrons. The number of piperazine rings is 1. The Kier molecular flexibility index (Phi) is 7.56. The third kappa shape index (κ3) is 5.54. The minimum Gasteiger partial charge on any atom is -0.497 e. The lowest BCUT2D eigenvalue weighted by molar-refractivity contribution is 0.354. The van der Waals surface area contributed by atoms with Gasteiger partial charge in [0.2, 0.25) is 5.95 Å². The monoisotopic (exact) mass is 499 g/mol. The van der Waals surface area contributed by atoms with Crippen LogP contribution in [0.1, 0.15) is 5.56 Å². The van der Waals surface area contributed by atoms with Crippen LogP contribution in [0.15, 0.2) is 60.8 Å². The number of aromatic nitrogens is 2. The van der Waals surface area contributed by atoms with Gasteiger partial charge in [-0.05, 0) is 59.8 Å². The molecule has 0 unspecified atom stereocenters. The predicted octanol–water partition coefficient (Wildman–Crippen LogP) is 4.39. The summed E-state index contributed by atoms with van der Waals surface area (Å²) in [5.74, 6) is 2.92. The zero-order valence-electron chi connectivity index (χ0n) is 21.6. The SMILES string of the molecule is COc1ccc2cc(-c3ccnc(NCCc4ccc(OC)c(OC)c4)n3)cc(N3CCNCC3)c2c1. The third-order valence-electron chi connectivity index (χ3n) is 6.69. The molecular weight excluding hydrogens is 466 g/mol. The maximum atomic E-state index is 5.52. The Bertz CT molecular complexity index is 1370. The van der Waals surface area contributed by atoms with Gasteiger partial charge in [-0.2, -0.15) is 0 Å². The summed E-state index contributed by atoms with van der Waals surface area (Å²) in [6, 6.07) is 18.6. The molecule has 0 amide bonds. The van der Waals surface area contributed by atoms with E-state index in [2.05, 4.69) is 44.8 Å². The van der Waals surface area contributed by atoms with Crippen LogP contribution in [0.25, 0.3) is 22.0 Å². The molecule has 0 radical (unpaired) electrons. The van der Waals surface area contributed by atoms with Crippen molar-refractivity contribution in [1.29, 1.82) is 0 Å². The van der Waals surface area contributed by atoms with Gasteiger partial charge in [-0.3, -0.25) is 0 Å². The lowest BCUT2D eigenvalue weighted by Crippen LogP contribution is -2.43. The fourth-order valence-corrected chi connectivity index (χ4v) is 4.72. The Labute approximate surface area is 217 Å². The smallest absolute Gasteiger partial charge is 0.223 e. The van der Waals surface area contributed by atoms with Crippen LogP contribution in [0.3, 0.4) is 0 Å². The number of fused-ring (bicyclic) bond motifs is 1. The zero-order chi connectivity index (χ0) is 25.6. The molecule has 0 saturated carbocycles. The van der Waals surface area contributed by atoms with Gasteiger partial charge in [-0.25, -0.2) is 9.97 Å². The molecule has 2 N–H and O–H groups in total. The average Bonchev–Trinajstić information content (AvgIpc) is 2.96. The van der Waals surface area contributed by atoms with Crippen LogP contribution >= 0.6 is 0 Å². The van der Waals surface area contributed by atoms with E-state index in [0.29, 0.717) is 12.5 Å². The Morgan fingerprint density at radius 2 is 1.73 bits per heavy atom. The van der Waals surface area contributed by atoms with Crippen LogP contribution in [-0.4, -0.2) is 64.0 Å². The van der Waals surface area contributed by atoms with Gasteiger partial charge in [-0.15, -0.1) is 0 Å². The second kappa shape index (κ2) is 11.3. The number of ether oxygens (including phenoxy) is 3. The van der Waals surface area contributed by atoms with Crippen molar-refractivity contribution in [2.45, 2.75) is 6.42 Å². The third-order valence-corrected chi connectivity index (χ3v) is 6.69. The Morgan fingerprint density at radius 1 is 0.892 bits per heavy atom. The van der Waals surface area contributed by atoms with Gasteiger partial charge in [0, 0.05) is 55.6 Å². The van der Waals surface area contributed by atoms with Crippen molar-refractivity contribution >= 4 is 22.4 Å². The van der Waals surface area contributed by atoms with E-state index >= 15 is 0 Å². The summed E-state index contributed by atoms with van der Waals surface area (Å²) in [4.78, 5) is 11.7. The zero-order valence-corrected chi connectivity index (χ0v) is 21.6. The first-order chi connectivity index (χ1) is 18.2. The summed E-state index contributed by atoms with van der Waals surface area (Å²) in [6.45, 7) is 4.56. The fourth-order valence-electron chi connectivity index (χ4n) is 4.72. The maximum Gasteiger partial charge on any atom is 0.223 e. The standard InChI is InChI=1S/C29H33N5O3/c1-35-23-6-5-21-17-22(18-26(24(21)19-23)34-14-12-30-13-15-34)25-9-11-32-29(33-25)31-10-8-20-4-7-27(36-2)28(16-20)37-3/h4-7,9,11,16-19,30H,8,10,12-15H2,1-3H3,(H,31,32,33). The Hall–Kier alpha value is -4.04. The van der Waals surface area contributed by atoms with Crippen molar-refractivity contribution in [3.63, 3.8) is 0 Å². The first-order valence-corrected chi connectivity index (χ1v) is 12.5. The van der Waals surface area contributed by atoms with Gasteiger partial charge in [0.15, 0.2) is 11.5 Å². The first kappa shape index (κ1) is 24.6. The highest BCUT2D eigenvalue weighted by Gasteiger charge is 2.16. The Balaban J connectivity index is 1.38. The second-order valence-corrected chi connectivity index (χ2v) is 8.95. The highest BCUT2D eigenvalue weighted by atomic mass is 16.5. The van der Waals surface area contributed by atoms with E-state index < -0.39 is 0 Å². The molecule has 8 nitrogen and oxygen atoms in total. The molecule has 3 aromatic carbocycles. The quantitative estimate of drug-likeness (QED) is 0.351. The summed E-state index contributed by atoms with van der Waals surface area (Å²) in [7, 11) is 5.00. The molecule has 1 aliphatic heterocycles. The molecule has 1 saturated heterocycles. The molecule has 0 aliphatic carbocycles. The summed E-state index contributed by atoms with van der Waals surface area (Å²) in [5, 5.41) is 9.16. The molecule has 0 bridgehead atoms. The highest BCUT2D eigenvalue weighted by molar-refractivity contribution is 5.98. The topological polar surface area (TPSA) is 80.8 Å². The molecule has 0 atom stereocenters. The van der Waals surface area contributed by atoms with E-state index in [1.807, 2.05) is 36.5 Å². The lowest BCUT2D eigenvalue weighted by atomic mass is 10.0. The number of methoxy groups -OCH3 is 3. The van der Waals surface area contributed by atoms with Gasteiger partial charge < -0.3 is 29.7 Å². The van der Waals surface area contributed by atoms with E-state index in [-0.39, 0.29) is 0 Å². The van der Waals surface area contributed by atoms with Crippen molar-refractivity contribution in [2.75, 3.05) is 64.3 Å². The normalized spacial score (nSPS) is 13.4. The number of anilines is 2. The number of hydrogen-bond donors (Lipinski definition) is 2.